The van der Waals surface area contributed by atoms with Crippen LogP contribution in [0.25, 0.3) is 0 Å². The summed E-state index contributed by atoms with van der Waals surface area (Å²) >= 11 is 0. The number of hydrogen-bond acceptors (Lipinski definition) is 3. The van der Waals surface area contributed by atoms with Crippen molar-refractivity contribution < 1.29 is 9.47 Å². The summed E-state index contributed by atoms with van der Waals surface area (Å²) in [5.41, 5.74) is 0.406. The molecular formula is C18H37NO2. The minimum Gasteiger partial charge on any atom is -0.377 e. The van der Waals surface area contributed by atoms with E-state index in [-0.39, 0.29) is 11.7 Å². The first-order chi connectivity index (χ1) is 9.85. The van der Waals surface area contributed by atoms with Crippen LogP contribution in [0, 0.1) is 5.41 Å². The predicted molar refractivity (Wildman–Crippen MR) is 89.8 cm³/mol. The highest BCUT2D eigenvalue weighted by molar-refractivity contribution is 4.99. The Kier molecular flexibility index (Phi) is 7.66. The van der Waals surface area contributed by atoms with E-state index in [0.717, 1.165) is 39.0 Å². The van der Waals surface area contributed by atoms with E-state index in [1.54, 1.807) is 0 Å². The number of rotatable bonds is 9. The van der Waals surface area contributed by atoms with Crippen LogP contribution in [0.1, 0.15) is 73.6 Å². The number of nitrogens with one attached hydrogen (secondary N) is 1. The molecule has 126 valence electrons. The van der Waals surface area contributed by atoms with Gasteiger partial charge in [0, 0.05) is 6.61 Å². The Balaban J connectivity index is 2.79. The summed E-state index contributed by atoms with van der Waals surface area (Å²) in [5, 5.41) is 3.70. The fourth-order valence-electron chi connectivity index (χ4n) is 3.23. The van der Waals surface area contributed by atoms with Gasteiger partial charge in [-0.15, -0.1) is 0 Å². The standard InChI is InChI=1S/C18H37NO2/c1-7-13-19-16(14-20-15(3)4)18(21-8-2)11-9-17(5,6)10-12-18/h15-16,19H,7-14H2,1-6H3. The Morgan fingerprint density at radius 2 is 1.67 bits per heavy atom. The third kappa shape index (κ3) is 5.88. The SMILES string of the molecule is CCCNC(COC(C)C)C1(OCC)CCC(C)(C)CC1. The molecule has 0 aromatic rings. The lowest BCUT2D eigenvalue weighted by Gasteiger charge is -2.48. The summed E-state index contributed by atoms with van der Waals surface area (Å²) in [6, 6.07) is 0.302. The molecule has 3 nitrogen and oxygen atoms in total. The zero-order valence-electron chi connectivity index (χ0n) is 15.1. The summed E-state index contributed by atoms with van der Waals surface area (Å²) in [4.78, 5) is 0. The summed E-state index contributed by atoms with van der Waals surface area (Å²) in [7, 11) is 0. The van der Waals surface area contributed by atoms with Crippen molar-refractivity contribution in [3.63, 3.8) is 0 Å². The van der Waals surface area contributed by atoms with E-state index < -0.39 is 0 Å². The first-order valence-corrected chi connectivity index (χ1v) is 8.84. The van der Waals surface area contributed by atoms with Gasteiger partial charge in [0.2, 0.25) is 0 Å². The molecule has 1 N–H and O–H groups in total. The van der Waals surface area contributed by atoms with E-state index in [0.29, 0.717) is 11.5 Å². The second kappa shape index (κ2) is 8.50. The van der Waals surface area contributed by atoms with Crippen molar-refractivity contribution in [2.75, 3.05) is 19.8 Å². The number of ether oxygens (including phenoxy) is 2. The molecule has 0 saturated heterocycles. The van der Waals surface area contributed by atoms with E-state index >= 15 is 0 Å². The van der Waals surface area contributed by atoms with Crippen molar-refractivity contribution in [3.8, 4) is 0 Å². The molecule has 0 aromatic carbocycles. The maximum Gasteiger partial charge on any atom is 0.0857 e. The van der Waals surface area contributed by atoms with Crippen LogP contribution in [-0.4, -0.2) is 37.5 Å². The van der Waals surface area contributed by atoms with Gasteiger partial charge < -0.3 is 14.8 Å². The Hall–Kier alpha value is -0.120. The van der Waals surface area contributed by atoms with Crippen LogP contribution in [0.5, 0.6) is 0 Å². The molecular weight excluding hydrogens is 262 g/mol. The maximum absolute atomic E-state index is 6.31. The molecule has 3 heteroatoms. The Labute approximate surface area is 132 Å². The fourth-order valence-corrected chi connectivity index (χ4v) is 3.23. The van der Waals surface area contributed by atoms with Gasteiger partial charge in [-0.1, -0.05) is 20.8 Å². The average Bonchev–Trinajstić information content (AvgIpc) is 2.42. The fraction of sp³-hybridized carbons (Fsp3) is 1.00. The van der Waals surface area contributed by atoms with Gasteiger partial charge in [-0.3, -0.25) is 0 Å². The highest BCUT2D eigenvalue weighted by Gasteiger charge is 2.44. The first-order valence-electron chi connectivity index (χ1n) is 8.84. The molecule has 1 aliphatic rings. The molecule has 0 amide bonds. The van der Waals surface area contributed by atoms with Gasteiger partial charge in [0.25, 0.3) is 0 Å². The molecule has 0 spiro atoms. The van der Waals surface area contributed by atoms with Gasteiger partial charge in [0.05, 0.1) is 24.4 Å². The second-order valence-electron chi connectivity index (χ2n) is 7.55. The van der Waals surface area contributed by atoms with Crippen molar-refractivity contribution in [3.05, 3.63) is 0 Å². The summed E-state index contributed by atoms with van der Waals surface area (Å²) < 4.78 is 12.2. The van der Waals surface area contributed by atoms with Crippen molar-refractivity contribution in [1.82, 2.24) is 5.32 Å². The Morgan fingerprint density at radius 3 is 2.14 bits per heavy atom. The van der Waals surface area contributed by atoms with Crippen LogP contribution < -0.4 is 5.32 Å². The third-order valence-corrected chi connectivity index (χ3v) is 4.75. The van der Waals surface area contributed by atoms with Crippen LogP contribution >= 0.6 is 0 Å². The highest BCUT2D eigenvalue weighted by Crippen LogP contribution is 2.43. The lowest BCUT2D eigenvalue weighted by molar-refractivity contribution is -0.123. The molecule has 1 fully saturated rings. The van der Waals surface area contributed by atoms with E-state index in [2.05, 4.69) is 46.9 Å². The normalized spacial score (nSPS) is 22.4. The lowest BCUT2D eigenvalue weighted by atomic mass is 9.68. The van der Waals surface area contributed by atoms with Crippen LogP contribution in [0.4, 0.5) is 0 Å². The van der Waals surface area contributed by atoms with Gasteiger partial charge in [-0.2, -0.15) is 0 Å². The van der Waals surface area contributed by atoms with Gasteiger partial charge in [0.1, 0.15) is 0 Å². The minimum absolute atomic E-state index is 0.0473. The average molecular weight is 299 g/mol. The zero-order valence-corrected chi connectivity index (χ0v) is 15.1. The predicted octanol–water partition coefficient (Wildman–Crippen LogP) is 4.16. The van der Waals surface area contributed by atoms with Crippen molar-refractivity contribution in [2.45, 2.75) is 91.4 Å². The first kappa shape index (κ1) is 18.9. The highest BCUT2D eigenvalue weighted by atomic mass is 16.5. The molecule has 1 atom stereocenters. The van der Waals surface area contributed by atoms with E-state index in [1.165, 1.54) is 12.8 Å². The van der Waals surface area contributed by atoms with Gasteiger partial charge in [-0.25, -0.2) is 0 Å². The molecule has 1 aliphatic carbocycles. The van der Waals surface area contributed by atoms with Crippen LogP contribution in [-0.2, 0) is 9.47 Å². The Morgan fingerprint density at radius 1 is 1.05 bits per heavy atom. The summed E-state index contributed by atoms with van der Waals surface area (Å²) in [6.07, 6.45) is 6.16. The molecule has 1 rings (SSSR count). The van der Waals surface area contributed by atoms with Crippen molar-refractivity contribution in [1.29, 1.82) is 0 Å². The van der Waals surface area contributed by atoms with Crippen molar-refractivity contribution >= 4 is 0 Å². The van der Waals surface area contributed by atoms with Gasteiger partial charge >= 0.3 is 0 Å². The minimum atomic E-state index is -0.0473. The molecule has 0 heterocycles. The smallest absolute Gasteiger partial charge is 0.0857 e. The maximum atomic E-state index is 6.31. The third-order valence-electron chi connectivity index (χ3n) is 4.75. The zero-order chi connectivity index (χ0) is 15.9. The lowest BCUT2D eigenvalue weighted by Crippen LogP contribution is -2.57. The van der Waals surface area contributed by atoms with Gasteiger partial charge in [0.15, 0.2) is 0 Å². The van der Waals surface area contributed by atoms with E-state index in [9.17, 15) is 0 Å². The Bertz CT molecular complexity index is 279. The molecule has 0 bridgehead atoms. The summed E-state index contributed by atoms with van der Waals surface area (Å²) in [6.45, 7) is 15.9. The summed E-state index contributed by atoms with van der Waals surface area (Å²) in [5.74, 6) is 0. The quantitative estimate of drug-likeness (QED) is 0.693. The molecule has 21 heavy (non-hydrogen) atoms. The van der Waals surface area contributed by atoms with Crippen LogP contribution in [0.3, 0.4) is 0 Å². The topological polar surface area (TPSA) is 30.5 Å². The second-order valence-corrected chi connectivity index (χ2v) is 7.55. The largest absolute Gasteiger partial charge is 0.377 e. The van der Waals surface area contributed by atoms with E-state index in [4.69, 9.17) is 9.47 Å². The molecule has 0 aromatic heterocycles. The molecule has 0 aliphatic heterocycles. The molecule has 1 unspecified atom stereocenters. The van der Waals surface area contributed by atoms with Crippen LogP contribution in [0.15, 0.2) is 0 Å². The van der Waals surface area contributed by atoms with Gasteiger partial charge in [-0.05, 0) is 64.8 Å². The number of hydrogen-bond donors (Lipinski definition) is 1. The molecule has 1 saturated carbocycles. The van der Waals surface area contributed by atoms with E-state index in [1.807, 2.05) is 0 Å². The van der Waals surface area contributed by atoms with Crippen molar-refractivity contribution in [2.24, 2.45) is 5.41 Å². The molecule has 0 radical (unpaired) electrons. The van der Waals surface area contributed by atoms with Crippen LogP contribution in [0.2, 0.25) is 0 Å². The monoisotopic (exact) mass is 299 g/mol.